The lowest BCUT2D eigenvalue weighted by Crippen LogP contribution is -2.27. The van der Waals surface area contributed by atoms with E-state index in [0.29, 0.717) is 11.4 Å². The van der Waals surface area contributed by atoms with Gasteiger partial charge in [0.25, 0.3) is 11.8 Å². The van der Waals surface area contributed by atoms with Gasteiger partial charge in [-0.2, -0.15) is 0 Å². The van der Waals surface area contributed by atoms with Gasteiger partial charge in [-0.25, -0.2) is 0 Å². The van der Waals surface area contributed by atoms with Crippen LogP contribution in [0.25, 0.3) is 0 Å². The normalized spacial score (nSPS) is 10.1. The van der Waals surface area contributed by atoms with Crippen molar-refractivity contribution in [2.75, 3.05) is 26.0 Å². The molecule has 0 aliphatic rings. The van der Waals surface area contributed by atoms with Gasteiger partial charge < -0.3 is 15.0 Å². The second-order valence-corrected chi connectivity index (χ2v) is 6.01. The maximum absolute atomic E-state index is 12.0. The molecular formula is C15H15N3O5S. The first-order valence-corrected chi connectivity index (χ1v) is 7.67. The number of amides is 2. The second kappa shape index (κ2) is 7.55. The number of likely N-dealkylation sites (N-methyl/N-ethyl adjacent to an activating group) is 1. The molecule has 1 aromatic heterocycles. The zero-order valence-corrected chi connectivity index (χ0v) is 13.8. The third-order valence-corrected chi connectivity index (χ3v) is 4.00. The van der Waals surface area contributed by atoms with E-state index in [4.69, 9.17) is 4.74 Å². The summed E-state index contributed by atoms with van der Waals surface area (Å²) in [5.74, 6) is -0.0915. The van der Waals surface area contributed by atoms with E-state index in [1.807, 2.05) is 0 Å². The number of thiophene rings is 1. The van der Waals surface area contributed by atoms with E-state index >= 15 is 0 Å². The highest BCUT2D eigenvalue weighted by atomic mass is 32.1. The fourth-order valence-electron chi connectivity index (χ4n) is 1.65. The first-order valence-electron chi connectivity index (χ1n) is 6.85. The fraction of sp³-hybridized carbons (Fsp3) is 0.200. The Morgan fingerprint density at radius 2 is 1.88 bits per heavy atom. The molecule has 0 aliphatic heterocycles. The average molecular weight is 349 g/mol. The van der Waals surface area contributed by atoms with Gasteiger partial charge in [0.1, 0.15) is 5.75 Å². The van der Waals surface area contributed by atoms with Crippen molar-refractivity contribution in [1.82, 2.24) is 4.90 Å². The smallest absolute Gasteiger partial charge is 0.324 e. The molecule has 0 unspecified atom stereocenters. The molecule has 0 radical (unpaired) electrons. The van der Waals surface area contributed by atoms with Gasteiger partial charge in [0.2, 0.25) is 0 Å². The number of nitro groups is 1. The van der Waals surface area contributed by atoms with Crippen molar-refractivity contribution in [3.05, 3.63) is 51.4 Å². The predicted octanol–water partition coefficient (Wildman–Crippen LogP) is 2.38. The molecule has 1 N–H and O–H groups in total. The van der Waals surface area contributed by atoms with Crippen LogP contribution in [0.4, 0.5) is 10.7 Å². The molecule has 126 valence electrons. The van der Waals surface area contributed by atoms with Gasteiger partial charge in [-0.05, 0) is 30.3 Å². The number of nitrogens with zero attached hydrogens (tertiary/aromatic N) is 2. The minimum absolute atomic E-state index is 0.0719. The van der Waals surface area contributed by atoms with Crippen molar-refractivity contribution < 1.29 is 19.2 Å². The summed E-state index contributed by atoms with van der Waals surface area (Å²) in [4.78, 5) is 35.2. The van der Waals surface area contributed by atoms with Crippen molar-refractivity contribution in [3.63, 3.8) is 0 Å². The number of rotatable bonds is 6. The van der Waals surface area contributed by atoms with Gasteiger partial charge in [-0.3, -0.25) is 19.7 Å². The number of carbonyl (C=O) groups excluding carboxylic acids is 2. The molecule has 24 heavy (non-hydrogen) atoms. The lowest BCUT2D eigenvalue weighted by atomic mass is 10.3. The largest absolute Gasteiger partial charge is 0.484 e. The van der Waals surface area contributed by atoms with Crippen LogP contribution in [0.15, 0.2) is 36.4 Å². The SMILES string of the molecule is CN(C)C(=O)COc1ccc(NC(=O)c2ccc([N+](=O)[O-])s2)cc1. The Morgan fingerprint density at radius 3 is 2.42 bits per heavy atom. The third-order valence-electron chi connectivity index (χ3n) is 2.97. The van der Waals surface area contributed by atoms with Gasteiger partial charge in [0.15, 0.2) is 6.61 Å². The zero-order chi connectivity index (χ0) is 17.7. The number of hydrogen-bond acceptors (Lipinski definition) is 6. The summed E-state index contributed by atoms with van der Waals surface area (Å²) >= 11 is 0.808. The molecule has 9 heteroatoms. The summed E-state index contributed by atoms with van der Waals surface area (Å²) in [6.07, 6.45) is 0. The molecule has 0 bridgehead atoms. The van der Waals surface area contributed by atoms with Crippen molar-refractivity contribution in [1.29, 1.82) is 0 Å². The molecule has 0 fully saturated rings. The topological polar surface area (TPSA) is 102 Å². The Kier molecular flexibility index (Phi) is 5.48. The molecule has 1 heterocycles. The van der Waals surface area contributed by atoms with Crippen LogP contribution in [-0.2, 0) is 4.79 Å². The summed E-state index contributed by atoms with van der Waals surface area (Å²) in [7, 11) is 3.28. The Balaban J connectivity index is 1.94. The van der Waals surface area contributed by atoms with Gasteiger partial charge in [-0.15, -0.1) is 0 Å². The molecule has 0 saturated carbocycles. The van der Waals surface area contributed by atoms with Crippen LogP contribution in [-0.4, -0.2) is 42.3 Å². The lowest BCUT2D eigenvalue weighted by molar-refractivity contribution is -0.380. The molecular weight excluding hydrogens is 334 g/mol. The molecule has 2 amide bonds. The quantitative estimate of drug-likeness (QED) is 0.637. The summed E-state index contributed by atoms with van der Waals surface area (Å²) in [5, 5.41) is 13.2. The lowest BCUT2D eigenvalue weighted by Gasteiger charge is -2.11. The number of anilines is 1. The van der Waals surface area contributed by atoms with Crippen LogP contribution >= 0.6 is 11.3 Å². The second-order valence-electron chi connectivity index (χ2n) is 4.95. The Bertz CT molecular complexity index is 755. The fourth-order valence-corrected chi connectivity index (χ4v) is 2.36. The molecule has 2 rings (SSSR count). The average Bonchev–Trinajstić information content (AvgIpc) is 3.04. The van der Waals surface area contributed by atoms with Crippen LogP contribution in [0.3, 0.4) is 0 Å². The molecule has 0 saturated heterocycles. The van der Waals surface area contributed by atoms with E-state index in [9.17, 15) is 19.7 Å². The summed E-state index contributed by atoms with van der Waals surface area (Å²) in [6, 6.07) is 9.18. The standard InChI is InChI=1S/C15H15N3O5S/c1-17(2)13(19)9-23-11-5-3-10(4-6-11)16-15(20)12-7-8-14(24-12)18(21)22/h3-8H,9H2,1-2H3,(H,16,20). The maximum Gasteiger partial charge on any atom is 0.324 e. The first-order chi connectivity index (χ1) is 11.4. The predicted molar refractivity (Wildman–Crippen MR) is 89.6 cm³/mol. The van der Waals surface area contributed by atoms with Crippen LogP contribution in [0.2, 0.25) is 0 Å². The molecule has 1 aromatic carbocycles. The van der Waals surface area contributed by atoms with E-state index in [2.05, 4.69) is 5.32 Å². The highest BCUT2D eigenvalue weighted by Gasteiger charge is 2.15. The number of benzene rings is 1. The Labute approximate surface area is 141 Å². The summed E-state index contributed by atoms with van der Waals surface area (Å²) in [5.41, 5.74) is 0.516. The van der Waals surface area contributed by atoms with E-state index in [0.717, 1.165) is 11.3 Å². The minimum atomic E-state index is -0.539. The number of nitrogens with one attached hydrogen (secondary N) is 1. The Hall–Kier alpha value is -2.94. The van der Waals surface area contributed by atoms with E-state index in [-0.39, 0.29) is 22.4 Å². The van der Waals surface area contributed by atoms with Gasteiger partial charge in [-0.1, -0.05) is 11.3 Å². The molecule has 2 aromatic rings. The van der Waals surface area contributed by atoms with Gasteiger partial charge in [0, 0.05) is 25.8 Å². The number of hydrogen-bond donors (Lipinski definition) is 1. The van der Waals surface area contributed by atoms with Crippen LogP contribution in [0, 0.1) is 10.1 Å². The maximum atomic E-state index is 12.0. The van der Waals surface area contributed by atoms with Crippen LogP contribution in [0.1, 0.15) is 9.67 Å². The molecule has 8 nitrogen and oxygen atoms in total. The van der Waals surface area contributed by atoms with Gasteiger partial charge in [0.05, 0.1) is 9.80 Å². The first kappa shape index (κ1) is 17.4. The Morgan fingerprint density at radius 1 is 1.21 bits per heavy atom. The van der Waals surface area contributed by atoms with E-state index in [1.54, 1.807) is 38.4 Å². The van der Waals surface area contributed by atoms with Crippen molar-refractivity contribution in [2.45, 2.75) is 0 Å². The van der Waals surface area contributed by atoms with Crippen LogP contribution in [0.5, 0.6) is 5.75 Å². The highest BCUT2D eigenvalue weighted by Crippen LogP contribution is 2.25. The highest BCUT2D eigenvalue weighted by molar-refractivity contribution is 7.17. The summed E-state index contributed by atoms with van der Waals surface area (Å²) < 4.78 is 5.33. The van der Waals surface area contributed by atoms with E-state index in [1.165, 1.54) is 17.0 Å². The third kappa shape index (κ3) is 4.53. The van der Waals surface area contributed by atoms with Crippen LogP contribution < -0.4 is 10.1 Å². The monoisotopic (exact) mass is 349 g/mol. The zero-order valence-electron chi connectivity index (χ0n) is 13.0. The van der Waals surface area contributed by atoms with Crippen molar-refractivity contribution in [2.24, 2.45) is 0 Å². The van der Waals surface area contributed by atoms with Crippen molar-refractivity contribution >= 4 is 33.8 Å². The number of carbonyl (C=O) groups is 2. The van der Waals surface area contributed by atoms with Gasteiger partial charge >= 0.3 is 5.00 Å². The molecule has 0 atom stereocenters. The minimum Gasteiger partial charge on any atom is -0.484 e. The van der Waals surface area contributed by atoms with Crippen molar-refractivity contribution in [3.8, 4) is 5.75 Å². The van der Waals surface area contributed by atoms with E-state index < -0.39 is 10.8 Å². The number of ether oxygens (including phenoxy) is 1. The molecule has 0 spiro atoms. The summed E-state index contributed by atoms with van der Waals surface area (Å²) in [6.45, 7) is -0.0719. The molecule has 0 aliphatic carbocycles.